The number of benzene rings is 1. The van der Waals surface area contributed by atoms with Crippen LogP contribution in [0, 0.1) is 13.8 Å². The van der Waals surface area contributed by atoms with Gasteiger partial charge in [0.2, 0.25) is 0 Å². The number of aliphatic hydroxyl groups is 1. The van der Waals surface area contributed by atoms with E-state index in [0.717, 1.165) is 30.4 Å². The molecule has 18 heavy (non-hydrogen) atoms. The van der Waals surface area contributed by atoms with Crippen molar-refractivity contribution in [3.05, 3.63) is 28.8 Å². The first-order valence-electron chi connectivity index (χ1n) is 6.18. The summed E-state index contributed by atoms with van der Waals surface area (Å²) in [7, 11) is 0. The van der Waals surface area contributed by atoms with Gasteiger partial charge < -0.3 is 14.9 Å². The summed E-state index contributed by atoms with van der Waals surface area (Å²) in [6.45, 7) is 3.66. The fraction of sp³-hybridized carbons (Fsp3) is 0.500. The molecule has 4 heteroatoms. The van der Waals surface area contributed by atoms with Gasteiger partial charge in [-0.2, -0.15) is 0 Å². The predicted molar refractivity (Wildman–Crippen MR) is 67.1 cm³/mol. The number of aromatic carboxylic acids is 1. The Morgan fingerprint density at radius 1 is 1.28 bits per heavy atom. The summed E-state index contributed by atoms with van der Waals surface area (Å²) in [5, 5.41) is 18.7. The van der Waals surface area contributed by atoms with E-state index in [1.165, 1.54) is 0 Å². The minimum absolute atomic E-state index is 0.168. The highest BCUT2D eigenvalue weighted by Gasteiger charge is 2.28. The molecule has 0 bridgehead atoms. The van der Waals surface area contributed by atoms with Gasteiger partial charge in [0.1, 0.15) is 11.9 Å². The van der Waals surface area contributed by atoms with Gasteiger partial charge in [-0.25, -0.2) is 4.79 Å². The van der Waals surface area contributed by atoms with Crippen molar-refractivity contribution in [3.63, 3.8) is 0 Å². The summed E-state index contributed by atoms with van der Waals surface area (Å²) in [5.74, 6) is -0.236. The molecule has 1 aliphatic carbocycles. The van der Waals surface area contributed by atoms with E-state index < -0.39 is 12.1 Å². The summed E-state index contributed by atoms with van der Waals surface area (Å²) in [6.07, 6.45) is 2.01. The SMILES string of the molecule is Cc1cc(C(=O)O)cc(C)c1OC1CCCC1O. The molecule has 98 valence electrons. The molecule has 1 aromatic rings. The Kier molecular flexibility index (Phi) is 3.57. The van der Waals surface area contributed by atoms with Crippen LogP contribution >= 0.6 is 0 Å². The number of hydrogen-bond acceptors (Lipinski definition) is 3. The van der Waals surface area contributed by atoms with E-state index in [4.69, 9.17) is 9.84 Å². The van der Waals surface area contributed by atoms with Crippen LogP contribution in [0.5, 0.6) is 5.75 Å². The smallest absolute Gasteiger partial charge is 0.335 e. The van der Waals surface area contributed by atoms with Crippen molar-refractivity contribution in [3.8, 4) is 5.75 Å². The molecule has 0 radical (unpaired) electrons. The van der Waals surface area contributed by atoms with Gasteiger partial charge in [0.25, 0.3) is 0 Å². The Hall–Kier alpha value is -1.55. The standard InChI is InChI=1S/C14H18O4/c1-8-6-10(14(16)17)7-9(2)13(8)18-12-5-3-4-11(12)15/h6-7,11-12,15H,3-5H2,1-2H3,(H,16,17). The molecule has 0 spiro atoms. The highest BCUT2D eigenvalue weighted by atomic mass is 16.5. The van der Waals surface area contributed by atoms with Gasteiger partial charge >= 0.3 is 5.97 Å². The Labute approximate surface area is 106 Å². The van der Waals surface area contributed by atoms with Crippen molar-refractivity contribution in [2.45, 2.75) is 45.3 Å². The maximum atomic E-state index is 10.9. The number of carboxylic acids is 1. The van der Waals surface area contributed by atoms with Crippen molar-refractivity contribution >= 4 is 5.97 Å². The molecule has 2 unspecified atom stereocenters. The number of rotatable bonds is 3. The van der Waals surface area contributed by atoms with Crippen molar-refractivity contribution < 1.29 is 19.7 Å². The van der Waals surface area contributed by atoms with E-state index >= 15 is 0 Å². The summed E-state index contributed by atoms with van der Waals surface area (Å²) < 4.78 is 5.84. The van der Waals surface area contributed by atoms with Gasteiger partial charge in [0, 0.05) is 0 Å². The molecule has 2 N–H and O–H groups in total. The van der Waals surface area contributed by atoms with E-state index in [1.807, 2.05) is 13.8 Å². The van der Waals surface area contributed by atoms with Crippen LogP contribution < -0.4 is 4.74 Å². The van der Waals surface area contributed by atoms with Gasteiger partial charge in [0.05, 0.1) is 11.7 Å². The van der Waals surface area contributed by atoms with Crippen molar-refractivity contribution in [1.82, 2.24) is 0 Å². The third kappa shape index (κ3) is 2.48. The van der Waals surface area contributed by atoms with Gasteiger partial charge in [-0.05, 0) is 56.4 Å². The second-order valence-corrected chi connectivity index (χ2v) is 4.90. The first-order chi connectivity index (χ1) is 8.49. The maximum absolute atomic E-state index is 10.9. The fourth-order valence-corrected chi connectivity index (χ4v) is 2.45. The summed E-state index contributed by atoms with van der Waals surface area (Å²) >= 11 is 0. The van der Waals surface area contributed by atoms with Crippen LogP contribution in [-0.4, -0.2) is 28.4 Å². The highest BCUT2D eigenvalue weighted by molar-refractivity contribution is 5.88. The van der Waals surface area contributed by atoms with Gasteiger partial charge in [-0.15, -0.1) is 0 Å². The zero-order chi connectivity index (χ0) is 13.3. The van der Waals surface area contributed by atoms with Crippen molar-refractivity contribution in [2.75, 3.05) is 0 Å². The fourth-order valence-electron chi connectivity index (χ4n) is 2.45. The number of aliphatic hydroxyl groups excluding tert-OH is 1. The minimum Gasteiger partial charge on any atom is -0.487 e. The zero-order valence-electron chi connectivity index (χ0n) is 10.6. The average molecular weight is 250 g/mol. The summed E-state index contributed by atoms with van der Waals surface area (Å²) in [4.78, 5) is 10.9. The quantitative estimate of drug-likeness (QED) is 0.863. The van der Waals surface area contributed by atoms with Crippen LogP contribution in [0.15, 0.2) is 12.1 Å². The molecule has 1 fully saturated rings. The van der Waals surface area contributed by atoms with Crippen molar-refractivity contribution in [2.24, 2.45) is 0 Å². The highest BCUT2D eigenvalue weighted by Crippen LogP contribution is 2.30. The largest absolute Gasteiger partial charge is 0.487 e. The van der Waals surface area contributed by atoms with Crippen LogP contribution in [-0.2, 0) is 0 Å². The molecule has 1 aliphatic rings. The molecular formula is C14H18O4. The molecule has 0 heterocycles. The topological polar surface area (TPSA) is 66.8 Å². The van der Waals surface area contributed by atoms with Gasteiger partial charge in [0.15, 0.2) is 0 Å². The number of carbonyl (C=O) groups is 1. The number of carboxylic acid groups (broad SMARTS) is 1. The molecular weight excluding hydrogens is 232 g/mol. The van der Waals surface area contributed by atoms with Crippen LogP contribution in [0.3, 0.4) is 0 Å². The van der Waals surface area contributed by atoms with Crippen LogP contribution in [0.2, 0.25) is 0 Å². The molecule has 2 rings (SSSR count). The zero-order valence-corrected chi connectivity index (χ0v) is 10.6. The van der Waals surface area contributed by atoms with Crippen LogP contribution in [0.25, 0.3) is 0 Å². The molecule has 2 atom stereocenters. The Morgan fingerprint density at radius 2 is 1.89 bits per heavy atom. The summed E-state index contributed by atoms with van der Waals surface area (Å²) in [6, 6.07) is 3.21. The lowest BCUT2D eigenvalue weighted by atomic mass is 10.1. The first kappa shape index (κ1) is 12.9. The first-order valence-corrected chi connectivity index (χ1v) is 6.18. The molecule has 1 saturated carbocycles. The van der Waals surface area contributed by atoms with Crippen molar-refractivity contribution in [1.29, 1.82) is 0 Å². The third-order valence-corrected chi connectivity index (χ3v) is 3.39. The van der Waals surface area contributed by atoms with Gasteiger partial charge in [-0.1, -0.05) is 0 Å². The molecule has 0 amide bonds. The lowest BCUT2D eigenvalue weighted by Crippen LogP contribution is -2.26. The summed E-state index contributed by atoms with van der Waals surface area (Å²) in [5.41, 5.74) is 1.86. The minimum atomic E-state index is -0.936. The van der Waals surface area contributed by atoms with E-state index in [-0.39, 0.29) is 11.7 Å². The number of ether oxygens (including phenoxy) is 1. The Balaban J connectivity index is 2.25. The monoisotopic (exact) mass is 250 g/mol. The second-order valence-electron chi connectivity index (χ2n) is 4.90. The van der Waals surface area contributed by atoms with Crippen LogP contribution in [0.4, 0.5) is 0 Å². The van der Waals surface area contributed by atoms with Crippen LogP contribution in [0.1, 0.15) is 40.7 Å². The molecule has 0 aliphatic heterocycles. The number of aryl methyl sites for hydroxylation is 2. The third-order valence-electron chi connectivity index (χ3n) is 3.39. The Bertz CT molecular complexity index is 444. The second kappa shape index (κ2) is 4.98. The lowest BCUT2D eigenvalue weighted by Gasteiger charge is -2.20. The molecule has 0 saturated heterocycles. The molecule has 1 aromatic carbocycles. The molecule has 4 nitrogen and oxygen atoms in total. The van der Waals surface area contributed by atoms with Gasteiger partial charge in [-0.3, -0.25) is 0 Å². The maximum Gasteiger partial charge on any atom is 0.335 e. The Morgan fingerprint density at radius 3 is 2.33 bits per heavy atom. The average Bonchev–Trinajstić information content (AvgIpc) is 2.69. The van der Waals surface area contributed by atoms with E-state index in [2.05, 4.69) is 0 Å². The normalized spacial score (nSPS) is 23.1. The predicted octanol–water partition coefficient (Wildman–Crippen LogP) is 2.29. The van der Waals surface area contributed by atoms with E-state index in [0.29, 0.717) is 5.75 Å². The van der Waals surface area contributed by atoms with E-state index in [9.17, 15) is 9.90 Å². The van der Waals surface area contributed by atoms with E-state index in [1.54, 1.807) is 12.1 Å². The molecule has 0 aromatic heterocycles. The lowest BCUT2D eigenvalue weighted by molar-refractivity contribution is 0.0593. The number of hydrogen-bond donors (Lipinski definition) is 2.